The van der Waals surface area contributed by atoms with E-state index in [4.69, 9.17) is 0 Å². The van der Waals surface area contributed by atoms with Crippen molar-refractivity contribution >= 4 is 26.8 Å². The number of hydrogen-bond acceptors (Lipinski definition) is 2. The molecule has 94 valence electrons. The zero-order valence-corrected chi connectivity index (χ0v) is 11.7. The minimum atomic E-state index is -0.635. The van der Waals surface area contributed by atoms with Gasteiger partial charge in [-0.05, 0) is 35.4 Å². The summed E-state index contributed by atoms with van der Waals surface area (Å²) in [6, 6.07) is 17.5. The van der Waals surface area contributed by atoms with E-state index in [2.05, 4.69) is 20.9 Å². The van der Waals surface area contributed by atoms with Crippen LogP contribution < -0.4 is 0 Å². The van der Waals surface area contributed by atoms with Gasteiger partial charge in [0.25, 0.3) is 0 Å². The number of pyridine rings is 1. The van der Waals surface area contributed by atoms with Crippen LogP contribution in [0.25, 0.3) is 10.9 Å². The number of halogens is 1. The molecule has 0 aliphatic heterocycles. The van der Waals surface area contributed by atoms with Crippen LogP contribution in [0.4, 0.5) is 0 Å². The third-order valence-corrected chi connectivity index (χ3v) is 3.60. The maximum atomic E-state index is 10.4. The van der Waals surface area contributed by atoms with Gasteiger partial charge in [-0.25, -0.2) is 0 Å². The third-order valence-electron chi connectivity index (χ3n) is 3.11. The van der Waals surface area contributed by atoms with Gasteiger partial charge in [0.1, 0.15) is 6.10 Å². The normalized spacial score (nSPS) is 12.5. The molecular formula is C16H12BrNO. The fourth-order valence-corrected chi connectivity index (χ4v) is 2.54. The first-order valence-corrected chi connectivity index (χ1v) is 6.81. The van der Waals surface area contributed by atoms with E-state index in [1.165, 1.54) is 0 Å². The molecule has 0 fully saturated rings. The van der Waals surface area contributed by atoms with Gasteiger partial charge in [0.05, 0.1) is 5.52 Å². The van der Waals surface area contributed by atoms with Crippen molar-refractivity contribution < 1.29 is 5.11 Å². The lowest BCUT2D eigenvalue weighted by Crippen LogP contribution is -1.99. The summed E-state index contributed by atoms with van der Waals surface area (Å²) in [7, 11) is 0. The summed E-state index contributed by atoms with van der Waals surface area (Å²) in [5.41, 5.74) is 2.61. The summed E-state index contributed by atoms with van der Waals surface area (Å²) in [4.78, 5) is 4.32. The molecule has 0 spiro atoms. The molecule has 2 aromatic carbocycles. The van der Waals surface area contributed by atoms with Gasteiger partial charge >= 0.3 is 0 Å². The predicted molar refractivity (Wildman–Crippen MR) is 79.9 cm³/mol. The number of aliphatic hydroxyl groups excluding tert-OH is 1. The lowest BCUT2D eigenvalue weighted by Gasteiger charge is -2.12. The van der Waals surface area contributed by atoms with Gasteiger partial charge in [0.2, 0.25) is 0 Å². The molecule has 0 aliphatic carbocycles. The largest absolute Gasteiger partial charge is 0.384 e. The van der Waals surface area contributed by atoms with Crippen LogP contribution in [0.5, 0.6) is 0 Å². The second kappa shape index (κ2) is 5.11. The summed E-state index contributed by atoms with van der Waals surface area (Å²) in [6.45, 7) is 0. The van der Waals surface area contributed by atoms with Crippen LogP contribution in [0.15, 0.2) is 65.3 Å². The molecule has 0 saturated heterocycles. The third kappa shape index (κ3) is 2.53. The zero-order valence-electron chi connectivity index (χ0n) is 10.1. The molecule has 1 unspecified atom stereocenters. The number of aliphatic hydroxyl groups is 1. The van der Waals surface area contributed by atoms with Crippen molar-refractivity contribution in [2.24, 2.45) is 0 Å². The first-order valence-electron chi connectivity index (χ1n) is 6.02. The number of rotatable bonds is 2. The van der Waals surface area contributed by atoms with Gasteiger partial charge in [-0.1, -0.05) is 46.3 Å². The second-order valence-electron chi connectivity index (χ2n) is 4.41. The van der Waals surface area contributed by atoms with Gasteiger partial charge in [-0.15, -0.1) is 0 Å². The Kier molecular flexibility index (Phi) is 3.32. The average Bonchev–Trinajstić information content (AvgIpc) is 2.46. The number of hydrogen-bond donors (Lipinski definition) is 1. The Balaban J connectivity index is 2.04. The van der Waals surface area contributed by atoms with Crippen LogP contribution in [-0.4, -0.2) is 10.1 Å². The Morgan fingerprint density at radius 3 is 2.63 bits per heavy atom. The van der Waals surface area contributed by atoms with E-state index in [1.807, 2.05) is 54.6 Å². The highest BCUT2D eigenvalue weighted by molar-refractivity contribution is 9.10. The molecular weight excluding hydrogens is 302 g/mol. The Hall–Kier alpha value is -1.71. The first-order chi connectivity index (χ1) is 9.24. The molecule has 3 heteroatoms. The monoisotopic (exact) mass is 313 g/mol. The standard InChI is InChI=1S/C16H12BrNO/c17-14-5-1-3-12(9-14)16(19)13-7-6-11-4-2-8-18-15(11)10-13/h1-10,16,19H. The van der Waals surface area contributed by atoms with Crippen LogP contribution in [0.1, 0.15) is 17.2 Å². The molecule has 0 aliphatic rings. The summed E-state index contributed by atoms with van der Waals surface area (Å²) >= 11 is 3.42. The Bertz CT molecular complexity index is 727. The highest BCUT2D eigenvalue weighted by Gasteiger charge is 2.11. The van der Waals surface area contributed by atoms with Gasteiger partial charge in [0, 0.05) is 16.1 Å². The van der Waals surface area contributed by atoms with Crippen LogP contribution in [0.3, 0.4) is 0 Å². The second-order valence-corrected chi connectivity index (χ2v) is 5.33. The fraction of sp³-hybridized carbons (Fsp3) is 0.0625. The SMILES string of the molecule is OC(c1cccc(Br)c1)c1ccc2cccnc2c1. The smallest absolute Gasteiger partial charge is 0.104 e. The van der Waals surface area contributed by atoms with Crippen molar-refractivity contribution in [2.75, 3.05) is 0 Å². The maximum absolute atomic E-state index is 10.4. The Morgan fingerprint density at radius 1 is 0.947 bits per heavy atom. The van der Waals surface area contributed by atoms with E-state index in [0.717, 1.165) is 26.5 Å². The Labute approximate surface area is 119 Å². The molecule has 1 heterocycles. The van der Waals surface area contributed by atoms with E-state index < -0.39 is 6.10 Å². The molecule has 0 radical (unpaired) electrons. The average molecular weight is 314 g/mol. The zero-order chi connectivity index (χ0) is 13.2. The topological polar surface area (TPSA) is 33.1 Å². The molecule has 0 saturated carbocycles. The van der Waals surface area contributed by atoms with Gasteiger partial charge in [0.15, 0.2) is 0 Å². The molecule has 1 aromatic heterocycles. The molecule has 0 amide bonds. The number of aromatic nitrogens is 1. The summed E-state index contributed by atoms with van der Waals surface area (Å²) in [6.07, 6.45) is 1.13. The minimum Gasteiger partial charge on any atom is -0.384 e. The number of fused-ring (bicyclic) bond motifs is 1. The lowest BCUT2D eigenvalue weighted by atomic mass is 10.0. The van der Waals surface area contributed by atoms with Crippen molar-refractivity contribution in [2.45, 2.75) is 6.10 Å². The van der Waals surface area contributed by atoms with Crippen molar-refractivity contribution in [3.63, 3.8) is 0 Å². The van der Waals surface area contributed by atoms with Crippen LogP contribution in [0, 0.1) is 0 Å². The van der Waals surface area contributed by atoms with Gasteiger partial charge in [-0.2, -0.15) is 0 Å². The number of benzene rings is 2. The first kappa shape index (κ1) is 12.3. The summed E-state index contributed by atoms with van der Waals surface area (Å²) < 4.78 is 0.961. The van der Waals surface area contributed by atoms with E-state index in [0.29, 0.717) is 0 Å². The quantitative estimate of drug-likeness (QED) is 0.773. The van der Waals surface area contributed by atoms with E-state index in [1.54, 1.807) is 6.20 Å². The predicted octanol–water partition coefficient (Wildman–Crippen LogP) is 4.08. The van der Waals surface area contributed by atoms with Crippen molar-refractivity contribution in [3.05, 3.63) is 76.4 Å². The van der Waals surface area contributed by atoms with Crippen molar-refractivity contribution in [3.8, 4) is 0 Å². The van der Waals surface area contributed by atoms with Crippen molar-refractivity contribution in [1.29, 1.82) is 0 Å². The fourth-order valence-electron chi connectivity index (χ4n) is 2.12. The van der Waals surface area contributed by atoms with Crippen molar-refractivity contribution in [1.82, 2.24) is 4.98 Å². The van der Waals surface area contributed by atoms with Crippen LogP contribution in [-0.2, 0) is 0 Å². The maximum Gasteiger partial charge on any atom is 0.104 e. The van der Waals surface area contributed by atoms with Crippen LogP contribution in [0.2, 0.25) is 0 Å². The molecule has 0 bridgehead atoms. The molecule has 2 nitrogen and oxygen atoms in total. The molecule has 3 rings (SSSR count). The molecule has 1 N–H and O–H groups in total. The van der Waals surface area contributed by atoms with E-state index >= 15 is 0 Å². The molecule has 1 atom stereocenters. The van der Waals surface area contributed by atoms with E-state index in [9.17, 15) is 5.11 Å². The van der Waals surface area contributed by atoms with E-state index in [-0.39, 0.29) is 0 Å². The van der Waals surface area contributed by atoms with Crippen LogP contribution >= 0.6 is 15.9 Å². The van der Waals surface area contributed by atoms with Gasteiger partial charge < -0.3 is 5.11 Å². The number of nitrogens with zero attached hydrogens (tertiary/aromatic N) is 1. The minimum absolute atomic E-state index is 0.635. The highest BCUT2D eigenvalue weighted by atomic mass is 79.9. The lowest BCUT2D eigenvalue weighted by molar-refractivity contribution is 0.220. The molecule has 3 aromatic rings. The highest BCUT2D eigenvalue weighted by Crippen LogP contribution is 2.26. The summed E-state index contributed by atoms with van der Waals surface area (Å²) in [5, 5.41) is 11.5. The Morgan fingerprint density at radius 2 is 1.79 bits per heavy atom. The van der Waals surface area contributed by atoms with Gasteiger partial charge in [-0.3, -0.25) is 4.98 Å². The molecule has 19 heavy (non-hydrogen) atoms. The summed E-state index contributed by atoms with van der Waals surface area (Å²) in [5.74, 6) is 0.